The number of hydrogen-bond donors (Lipinski definition) is 1. The maximum atomic E-state index is 12.4. The first-order valence-electron chi connectivity index (χ1n) is 7.37. The van der Waals surface area contributed by atoms with E-state index in [1.165, 1.54) is 23.1 Å². The van der Waals surface area contributed by atoms with E-state index in [9.17, 15) is 13.2 Å². The number of nitrogens with one attached hydrogen (secondary N) is 1. The highest BCUT2D eigenvalue weighted by Crippen LogP contribution is 2.24. The Morgan fingerprint density at radius 3 is 2.25 bits per heavy atom. The van der Waals surface area contributed by atoms with Crippen molar-refractivity contribution in [3.05, 3.63) is 58.6 Å². The lowest BCUT2D eigenvalue weighted by Crippen LogP contribution is -2.22. The summed E-state index contributed by atoms with van der Waals surface area (Å²) < 4.78 is 27.3. The van der Waals surface area contributed by atoms with Crippen LogP contribution < -0.4 is 4.72 Å². The highest BCUT2D eigenvalue weighted by atomic mass is 35.5. The highest BCUT2D eigenvalue weighted by Gasteiger charge is 2.17. The molecule has 0 bridgehead atoms. The molecule has 0 aliphatic heterocycles. The number of amides is 1. The van der Waals surface area contributed by atoms with Gasteiger partial charge in [-0.1, -0.05) is 30.7 Å². The number of carbonyl (C=O) groups is 1. The number of aryl methyl sites for hydroxylation is 1. The number of nitrogens with zero attached hydrogens (tertiary/aromatic N) is 1. The standard InChI is InChI=1S/C17H19ClN2O3S/c1-4-12-5-8-14(9-6-12)24(22,23)19-13-7-10-15(16(18)11-13)17(21)20(2)3/h5-11,19H,4H2,1-3H3. The molecule has 0 saturated carbocycles. The summed E-state index contributed by atoms with van der Waals surface area (Å²) in [6.07, 6.45) is 0.838. The third-order valence-corrected chi connectivity index (χ3v) is 5.21. The summed E-state index contributed by atoms with van der Waals surface area (Å²) >= 11 is 6.10. The molecule has 0 aromatic heterocycles. The molecule has 1 N–H and O–H groups in total. The molecule has 0 aliphatic carbocycles. The molecule has 0 fully saturated rings. The first-order valence-corrected chi connectivity index (χ1v) is 9.23. The molecule has 2 rings (SSSR count). The zero-order valence-electron chi connectivity index (χ0n) is 13.7. The molecule has 5 nitrogen and oxygen atoms in total. The van der Waals surface area contributed by atoms with Gasteiger partial charge in [0.05, 0.1) is 21.2 Å². The Morgan fingerprint density at radius 2 is 1.75 bits per heavy atom. The molecule has 0 radical (unpaired) electrons. The normalized spacial score (nSPS) is 11.2. The van der Waals surface area contributed by atoms with Crippen LogP contribution in [-0.2, 0) is 16.4 Å². The van der Waals surface area contributed by atoms with Gasteiger partial charge in [-0.25, -0.2) is 8.42 Å². The third kappa shape index (κ3) is 4.07. The minimum Gasteiger partial charge on any atom is -0.345 e. The molecule has 0 aliphatic rings. The molecule has 128 valence electrons. The van der Waals surface area contributed by atoms with Crippen molar-refractivity contribution in [3.63, 3.8) is 0 Å². The van der Waals surface area contributed by atoms with E-state index in [0.29, 0.717) is 11.3 Å². The predicted octanol–water partition coefficient (Wildman–Crippen LogP) is 3.41. The van der Waals surface area contributed by atoms with Crippen molar-refractivity contribution < 1.29 is 13.2 Å². The summed E-state index contributed by atoms with van der Waals surface area (Å²) in [5, 5.41) is 0.190. The van der Waals surface area contributed by atoms with Crippen LogP contribution in [0, 0.1) is 0 Å². The molecule has 0 heterocycles. The minimum absolute atomic E-state index is 0.171. The average Bonchev–Trinajstić information content (AvgIpc) is 2.54. The number of halogens is 1. The molecule has 1 amide bonds. The van der Waals surface area contributed by atoms with Gasteiger partial charge in [0, 0.05) is 14.1 Å². The summed E-state index contributed by atoms with van der Waals surface area (Å²) in [7, 11) is -0.468. The van der Waals surface area contributed by atoms with Gasteiger partial charge in [-0.15, -0.1) is 0 Å². The summed E-state index contributed by atoms with van der Waals surface area (Å²) in [5.41, 5.74) is 1.68. The van der Waals surface area contributed by atoms with Gasteiger partial charge < -0.3 is 4.90 Å². The maximum Gasteiger partial charge on any atom is 0.261 e. The molecule has 0 saturated heterocycles. The van der Waals surface area contributed by atoms with Gasteiger partial charge in [-0.3, -0.25) is 9.52 Å². The Morgan fingerprint density at radius 1 is 1.12 bits per heavy atom. The van der Waals surface area contributed by atoms with E-state index in [4.69, 9.17) is 11.6 Å². The van der Waals surface area contributed by atoms with Crippen LogP contribution in [0.15, 0.2) is 47.4 Å². The van der Waals surface area contributed by atoms with Crippen LogP contribution in [-0.4, -0.2) is 33.3 Å². The lowest BCUT2D eigenvalue weighted by molar-refractivity contribution is 0.0828. The van der Waals surface area contributed by atoms with Crippen LogP contribution in [0.3, 0.4) is 0 Å². The molecular weight excluding hydrogens is 348 g/mol. The highest BCUT2D eigenvalue weighted by molar-refractivity contribution is 7.92. The first-order chi connectivity index (χ1) is 11.2. The van der Waals surface area contributed by atoms with Gasteiger partial charge in [0.1, 0.15) is 0 Å². The number of sulfonamides is 1. The van der Waals surface area contributed by atoms with Crippen LogP contribution in [0.4, 0.5) is 5.69 Å². The van der Waals surface area contributed by atoms with Crippen LogP contribution in [0.25, 0.3) is 0 Å². The SMILES string of the molecule is CCc1ccc(S(=O)(=O)Nc2ccc(C(=O)N(C)C)c(Cl)c2)cc1. The largest absolute Gasteiger partial charge is 0.345 e. The topological polar surface area (TPSA) is 66.5 Å². The minimum atomic E-state index is -3.71. The van der Waals surface area contributed by atoms with Gasteiger partial charge >= 0.3 is 0 Å². The lowest BCUT2D eigenvalue weighted by Gasteiger charge is -2.13. The van der Waals surface area contributed by atoms with Crippen molar-refractivity contribution in [2.75, 3.05) is 18.8 Å². The Kier molecular flexibility index (Phi) is 5.51. The third-order valence-electron chi connectivity index (χ3n) is 3.50. The van der Waals surface area contributed by atoms with E-state index in [-0.39, 0.29) is 15.8 Å². The van der Waals surface area contributed by atoms with E-state index in [2.05, 4.69) is 4.72 Å². The number of rotatable bonds is 5. The fourth-order valence-electron chi connectivity index (χ4n) is 2.11. The fourth-order valence-corrected chi connectivity index (χ4v) is 3.42. The van der Waals surface area contributed by atoms with E-state index in [1.807, 2.05) is 6.92 Å². The molecule has 0 unspecified atom stereocenters. The zero-order chi connectivity index (χ0) is 17.9. The van der Waals surface area contributed by atoms with Crippen molar-refractivity contribution in [2.24, 2.45) is 0 Å². The van der Waals surface area contributed by atoms with E-state index < -0.39 is 10.0 Å². The second kappa shape index (κ2) is 7.23. The number of hydrogen-bond acceptors (Lipinski definition) is 3. The van der Waals surface area contributed by atoms with Crippen molar-refractivity contribution in [1.29, 1.82) is 0 Å². The first kappa shape index (κ1) is 18.3. The van der Waals surface area contributed by atoms with E-state index in [0.717, 1.165) is 12.0 Å². The molecule has 24 heavy (non-hydrogen) atoms. The Labute approximate surface area is 147 Å². The molecule has 0 spiro atoms. The van der Waals surface area contributed by atoms with Gasteiger partial charge in [0.25, 0.3) is 15.9 Å². The van der Waals surface area contributed by atoms with E-state index >= 15 is 0 Å². The number of anilines is 1. The van der Waals surface area contributed by atoms with Gasteiger partial charge in [-0.05, 0) is 42.3 Å². The number of carbonyl (C=O) groups excluding carboxylic acids is 1. The maximum absolute atomic E-state index is 12.4. The van der Waals surface area contributed by atoms with Crippen molar-refractivity contribution in [1.82, 2.24) is 4.90 Å². The summed E-state index contributed by atoms with van der Waals surface area (Å²) in [6, 6.07) is 11.1. The average molecular weight is 367 g/mol. The second-order valence-electron chi connectivity index (χ2n) is 5.50. The second-order valence-corrected chi connectivity index (χ2v) is 7.59. The van der Waals surface area contributed by atoms with Gasteiger partial charge in [-0.2, -0.15) is 0 Å². The molecule has 7 heteroatoms. The Bertz CT molecular complexity index is 847. The predicted molar refractivity (Wildman–Crippen MR) is 96.1 cm³/mol. The molecule has 2 aromatic rings. The van der Waals surface area contributed by atoms with Gasteiger partial charge in [0.2, 0.25) is 0 Å². The Balaban J connectivity index is 2.26. The van der Waals surface area contributed by atoms with Crippen LogP contribution in [0.2, 0.25) is 5.02 Å². The lowest BCUT2D eigenvalue weighted by atomic mass is 10.2. The van der Waals surface area contributed by atoms with Crippen LogP contribution in [0.5, 0.6) is 0 Å². The van der Waals surface area contributed by atoms with E-state index in [1.54, 1.807) is 38.4 Å². The molecule has 2 aromatic carbocycles. The number of benzene rings is 2. The fraction of sp³-hybridized carbons (Fsp3) is 0.235. The van der Waals surface area contributed by atoms with Crippen molar-refractivity contribution in [3.8, 4) is 0 Å². The van der Waals surface area contributed by atoms with Gasteiger partial charge in [0.15, 0.2) is 0 Å². The summed E-state index contributed by atoms with van der Waals surface area (Å²) in [6.45, 7) is 2.00. The summed E-state index contributed by atoms with van der Waals surface area (Å²) in [4.78, 5) is 13.5. The molecular formula is C17H19ClN2O3S. The quantitative estimate of drug-likeness (QED) is 0.881. The van der Waals surface area contributed by atoms with Crippen molar-refractivity contribution in [2.45, 2.75) is 18.2 Å². The van der Waals surface area contributed by atoms with Crippen LogP contribution in [0.1, 0.15) is 22.8 Å². The smallest absolute Gasteiger partial charge is 0.261 e. The monoisotopic (exact) mass is 366 g/mol. The Hall–Kier alpha value is -2.05. The zero-order valence-corrected chi connectivity index (χ0v) is 15.3. The summed E-state index contributed by atoms with van der Waals surface area (Å²) in [5.74, 6) is -0.246. The molecule has 0 atom stereocenters. The van der Waals surface area contributed by atoms with Crippen LogP contribution >= 0.6 is 11.6 Å². The van der Waals surface area contributed by atoms with Crippen molar-refractivity contribution >= 4 is 33.2 Å².